The quantitative estimate of drug-likeness (QED) is 0.901. The number of nitrogen functional groups attached to an aromatic ring is 1. The molecule has 17 heavy (non-hydrogen) atoms. The van der Waals surface area contributed by atoms with Crippen molar-refractivity contribution in [2.24, 2.45) is 0 Å². The van der Waals surface area contributed by atoms with Crippen LogP contribution in [0.3, 0.4) is 0 Å². The lowest BCUT2D eigenvalue weighted by Gasteiger charge is -2.06. The third-order valence-corrected chi connectivity index (χ3v) is 4.08. The molecule has 1 aromatic heterocycles. The van der Waals surface area contributed by atoms with E-state index < -0.39 is 0 Å². The number of anilines is 1. The second kappa shape index (κ2) is 4.88. The Hall–Kier alpha value is -1.35. The number of hydrogen-bond acceptors (Lipinski definition) is 3. The maximum absolute atomic E-state index is 5.71. The Morgan fingerprint density at radius 3 is 2.59 bits per heavy atom. The van der Waals surface area contributed by atoms with E-state index in [-0.39, 0.29) is 0 Å². The Morgan fingerprint density at radius 2 is 1.94 bits per heavy atom. The number of thiazole rings is 1. The maximum Gasteiger partial charge on any atom is 0.180 e. The van der Waals surface area contributed by atoms with Crippen molar-refractivity contribution in [2.45, 2.75) is 33.6 Å². The second-order valence-corrected chi connectivity index (χ2v) is 5.61. The number of aryl methyl sites for hydroxylation is 5. The fraction of sp³-hybridized carbons (Fsp3) is 0.357. The highest BCUT2D eigenvalue weighted by molar-refractivity contribution is 7.15. The first-order valence-corrected chi connectivity index (χ1v) is 6.66. The molecule has 0 aliphatic rings. The highest BCUT2D eigenvalue weighted by atomic mass is 32.1. The van der Waals surface area contributed by atoms with Gasteiger partial charge in [0.05, 0.1) is 5.69 Å². The molecule has 0 radical (unpaired) electrons. The molecule has 3 heteroatoms. The molecule has 2 N–H and O–H groups in total. The summed E-state index contributed by atoms with van der Waals surface area (Å²) in [5.41, 5.74) is 10.9. The highest BCUT2D eigenvalue weighted by Crippen LogP contribution is 2.22. The van der Waals surface area contributed by atoms with E-state index in [0.717, 1.165) is 18.5 Å². The van der Waals surface area contributed by atoms with Gasteiger partial charge in [0, 0.05) is 4.88 Å². The van der Waals surface area contributed by atoms with Crippen molar-refractivity contribution in [3.05, 3.63) is 45.5 Å². The number of nitrogens with zero attached hydrogens (tertiary/aromatic N) is 1. The number of rotatable bonds is 3. The average molecular weight is 246 g/mol. The molecule has 1 heterocycles. The molecule has 2 rings (SSSR count). The zero-order valence-corrected chi connectivity index (χ0v) is 11.4. The molecule has 0 saturated heterocycles. The van der Waals surface area contributed by atoms with Crippen molar-refractivity contribution in [3.8, 4) is 0 Å². The minimum absolute atomic E-state index is 0.679. The first kappa shape index (κ1) is 12.1. The van der Waals surface area contributed by atoms with Crippen LogP contribution in [-0.2, 0) is 12.8 Å². The van der Waals surface area contributed by atoms with Crippen LogP contribution in [0.2, 0.25) is 0 Å². The summed E-state index contributed by atoms with van der Waals surface area (Å²) in [6, 6.07) is 6.63. The molecule has 1 aromatic carbocycles. The maximum atomic E-state index is 5.71. The fourth-order valence-electron chi connectivity index (χ4n) is 2.00. The van der Waals surface area contributed by atoms with Crippen LogP contribution in [0, 0.1) is 20.8 Å². The van der Waals surface area contributed by atoms with E-state index in [2.05, 4.69) is 37.0 Å². The van der Waals surface area contributed by atoms with Gasteiger partial charge in [0.25, 0.3) is 0 Å². The van der Waals surface area contributed by atoms with Crippen molar-refractivity contribution in [1.29, 1.82) is 0 Å². The van der Waals surface area contributed by atoms with Gasteiger partial charge < -0.3 is 5.73 Å². The molecule has 0 bridgehead atoms. The van der Waals surface area contributed by atoms with Gasteiger partial charge in [0.2, 0.25) is 0 Å². The third-order valence-electron chi connectivity index (χ3n) is 3.04. The normalized spacial score (nSPS) is 10.8. The Bertz CT molecular complexity index is 529. The van der Waals surface area contributed by atoms with Crippen LogP contribution in [0.25, 0.3) is 0 Å². The van der Waals surface area contributed by atoms with Crippen molar-refractivity contribution in [1.82, 2.24) is 4.98 Å². The van der Waals surface area contributed by atoms with Crippen LogP contribution >= 0.6 is 11.3 Å². The van der Waals surface area contributed by atoms with E-state index >= 15 is 0 Å². The van der Waals surface area contributed by atoms with E-state index in [9.17, 15) is 0 Å². The predicted octanol–water partition coefficient (Wildman–Crippen LogP) is 3.44. The molecular weight excluding hydrogens is 228 g/mol. The van der Waals surface area contributed by atoms with E-state index in [4.69, 9.17) is 5.73 Å². The molecule has 0 aliphatic carbocycles. The molecule has 0 atom stereocenters. The number of hydrogen-bond donors (Lipinski definition) is 1. The van der Waals surface area contributed by atoms with Crippen LogP contribution in [0.15, 0.2) is 18.2 Å². The summed E-state index contributed by atoms with van der Waals surface area (Å²) in [7, 11) is 0. The standard InChI is InChI=1S/C14H18N2S/c1-9-4-5-10(2)12(8-9)6-7-13-11(3)16-14(15)17-13/h4-5,8H,6-7H2,1-3H3,(H2,15,16). The monoisotopic (exact) mass is 246 g/mol. The first-order chi connectivity index (χ1) is 8.06. The van der Waals surface area contributed by atoms with E-state index in [1.54, 1.807) is 11.3 Å². The van der Waals surface area contributed by atoms with E-state index in [1.165, 1.54) is 21.6 Å². The van der Waals surface area contributed by atoms with Gasteiger partial charge in [-0.05, 0) is 44.7 Å². The van der Waals surface area contributed by atoms with Crippen LogP contribution in [-0.4, -0.2) is 4.98 Å². The van der Waals surface area contributed by atoms with Gasteiger partial charge in [-0.3, -0.25) is 0 Å². The molecule has 0 spiro atoms. The second-order valence-electron chi connectivity index (χ2n) is 4.49. The largest absolute Gasteiger partial charge is 0.375 e. The fourth-order valence-corrected chi connectivity index (χ4v) is 2.83. The van der Waals surface area contributed by atoms with Crippen LogP contribution < -0.4 is 5.73 Å². The smallest absolute Gasteiger partial charge is 0.180 e. The number of benzene rings is 1. The Morgan fingerprint density at radius 1 is 1.18 bits per heavy atom. The van der Waals surface area contributed by atoms with E-state index in [0.29, 0.717) is 5.13 Å². The molecule has 0 saturated carbocycles. The summed E-state index contributed by atoms with van der Waals surface area (Å²) >= 11 is 1.61. The van der Waals surface area contributed by atoms with Crippen molar-refractivity contribution in [2.75, 3.05) is 5.73 Å². The van der Waals surface area contributed by atoms with Gasteiger partial charge in [0.1, 0.15) is 0 Å². The van der Waals surface area contributed by atoms with Crippen LogP contribution in [0.5, 0.6) is 0 Å². The van der Waals surface area contributed by atoms with Gasteiger partial charge >= 0.3 is 0 Å². The third kappa shape index (κ3) is 2.86. The summed E-state index contributed by atoms with van der Waals surface area (Å²) in [6.07, 6.45) is 2.10. The summed E-state index contributed by atoms with van der Waals surface area (Å²) in [4.78, 5) is 5.57. The Kier molecular flexibility index (Phi) is 3.48. The van der Waals surface area contributed by atoms with Gasteiger partial charge in [-0.25, -0.2) is 4.98 Å². The zero-order chi connectivity index (χ0) is 12.4. The molecule has 2 nitrogen and oxygen atoms in total. The van der Waals surface area contributed by atoms with Crippen LogP contribution in [0.1, 0.15) is 27.3 Å². The Labute approximate surface area is 107 Å². The summed E-state index contributed by atoms with van der Waals surface area (Å²) in [6.45, 7) is 6.34. The molecule has 2 aromatic rings. The lowest BCUT2D eigenvalue weighted by atomic mass is 10.0. The molecule has 0 fully saturated rings. The number of nitrogens with two attached hydrogens (primary N) is 1. The van der Waals surface area contributed by atoms with Gasteiger partial charge in [0.15, 0.2) is 5.13 Å². The highest BCUT2D eigenvalue weighted by Gasteiger charge is 2.06. The van der Waals surface area contributed by atoms with Gasteiger partial charge in [-0.1, -0.05) is 23.8 Å². The molecule has 0 aliphatic heterocycles. The van der Waals surface area contributed by atoms with Crippen molar-refractivity contribution in [3.63, 3.8) is 0 Å². The molecule has 0 amide bonds. The SMILES string of the molecule is Cc1ccc(C)c(CCc2sc(N)nc2C)c1. The topological polar surface area (TPSA) is 38.9 Å². The lowest BCUT2D eigenvalue weighted by molar-refractivity contribution is 0.949. The molecule has 90 valence electrons. The minimum atomic E-state index is 0.679. The average Bonchev–Trinajstić information content (AvgIpc) is 2.59. The molecular formula is C14H18N2S. The van der Waals surface area contributed by atoms with Gasteiger partial charge in [-0.2, -0.15) is 0 Å². The van der Waals surface area contributed by atoms with Crippen LogP contribution in [0.4, 0.5) is 5.13 Å². The predicted molar refractivity (Wildman–Crippen MR) is 74.6 cm³/mol. The van der Waals surface area contributed by atoms with Gasteiger partial charge in [-0.15, -0.1) is 11.3 Å². The van der Waals surface area contributed by atoms with Crippen molar-refractivity contribution >= 4 is 16.5 Å². The summed E-state index contributed by atoms with van der Waals surface area (Å²) in [5.74, 6) is 0. The molecule has 0 unspecified atom stereocenters. The van der Waals surface area contributed by atoms with E-state index in [1.807, 2.05) is 6.92 Å². The zero-order valence-electron chi connectivity index (χ0n) is 10.6. The number of aromatic nitrogens is 1. The van der Waals surface area contributed by atoms with Crippen molar-refractivity contribution < 1.29 is 0 Å². The summed E-state index contributed by atoms with van der Waals surface area (Å²) in [5, 5.41) is 0.679. The summed E-state index contributed by atoms with van der Waals surface area (Å²) < 4.78 is 0. The minimum Gasteiger partial charge on any atom is -0.375 e. The first-order valence-electron chi connectivity index (χ1n) is 5.84. The Balaban J connectivity index is 2.12. The lowest BCUT2D eigenvalue weighted by Crippen LogP contribution is -1.94.